The minimum Gasteiger partial charge on any atom is -0.375 e. The van der Waals surface area contributed by atoms with E-state index in [0.29, 0.717) is 17.8 Å². The number of aromatic nitrogens is 1. The predicted molar refractivity (Wildman–Crippen MR) is 100.0 cm³/mol. The van der Waals surface area contributed by atoms with E-state index in [9.17, 15) is 14.4 Å². The standard InChI is InChI=1S/C19H20N4O4/c1-20-19(26)15-5-3-13(10-21-15)18(25)22-14-4-6-16-12(9-14)7-8-23(16)17(24)11-27-2/h3-6,9-10H,7-8,11H2,1-2H3,(H,20,26)(H,22,25). The SMILES string of the molecule is CNC(=O)c1ccc(C(=O)Nc2ccc3c(c2)CCN3C(=O)COC)cn1. The number of hydrogen-bond donors (Lipinski definition) is 2. The van der Waals surface area contributed by atoms with Gasteiger partial charge in [-0.15, -0.1) is 0 Å². The Labute approximate surface area is 156 Å². The second kappa shape index (κ2) is 7.96. The molecular weight excluding hydrogens is 348 g/mol. The first-order valence-corrected chi connectivity index (χ1v) is 8.45. The Kier molecular flexibility index (Phi) is 5.46. The number of methoxy groups -OCH3 is 1. The maximum absolute atomic E-state index is 12.4. The van der Waals surface area contributed by atoms with E-state index in [1.165, 1.54) is 26.4 Å². The summed E-state index contributed by atoms with van der Waals surface area (Å²) in [4.78, 5) is 41.6. The lowest BCUT2D eigenvalue weighted by Crippen LogP contribution is -2.31. The Morgan fingerprint density at radius 3 is 2.67 bits per heavy atom. The number of benzene rings is 1. The van der Waals surface area contributed by atoms with Crippen LogP contribution in [0, 0.1) is 0 Å². The molecule has 0 aliphatic carbocycles. The molecule has 3 rings (SSSR count). The number of hydrogen-bond acceptors (Lipinski definition) is 5. The lowest BCUT2D eigenvalue weighted by molar-refractivity contribution is -0.122. The molecule has 1 aromatic heterocycles. The van der Waals surface area contributed by atoms with Gasteiger partial charge in [-0.2, -0.15) is 0 Å². The third kappa shape index (κ3) is 3.95. The lowest BCUT2D eigenvalue weighted by atomic mass is 10.1. The number of fused-ring (bicyclic) bond motifs is 1. The number of ether oxygens (including phenoxy) is 1. The third-order valence-electron chi connectivity index (χ3n) is 4.29. The summed E-state index contributed by atoms with van der Waals surface area (Å²) in [5, 5.41) is 5.29. The molecular formula is C19H20N4O4. The van der Waals surface area contributed by atoms with Crippen molar-refractivity contribution >= 4 is 29.1 Å². The fourth-order valence-electron chi connectivity index (χ4n) is 2.93. The zero-order valence-electron chi connectivity index (χ0n) is 15.1. The van der Waals surface area contributed by atoms with Crippen molar-refractivity contribution in [3.8, 4) is 0 Å². The van der Waals surface area contributed by atoms with Gasteiger partial charge in [0.05, 0.1) is 5.56 Å². The van der Waals surface area contributed by atoms with Crippen LogP contribution in [0.2, 0.25) is 0 Å². The van der Waals surface area contributed by atoms with Crippen molar-refractivity contribution in [2.24, 2.45) is 0 Å². The number of anilines is 2. The first-order chi connectivity index (χ1) is 13.0. The average molecular weight is 368 g/mol. The smallest absolute Gasteiger partial charge is 0.269 e. The molecule has 0 spiro atoms. The number of rotatable bonds is 5. The average Bonchev–Trinajstić information content (AvgIpc) is 3.11. The number of carbonyl (C=O) groups is 3. The highest BCUT2D eigenvalue weighted by molar-refractivity contribution is 6.05. The van der Waals surface area contributed by atoms with Crippen molar-refractivity contribution in [3.63, 3.8) is 0 Å². The molecule has 1 aliphatic heterocycles. The Morgan fingerprint density at radius 1 is 1.19 bits per heavy atom. The maximum Gasteiger partial charge on any atom is 0.269 e. The van der Waals surface area contributed by atoms with Crippen molar-refractivity contribution < 1.29 is 19.1 Å². The van der Waals surface area contributed by atoms with Gasteiger partial charge < -0.3 is 20.3 Å². The van der Waals surface area contributed by atoms with Crippen molar-refractivity contribution in [1.29, 1.82) is 0 Å². The van der Waals surface area contributed by atoms with Gasteiger partial charge in [0.1, 0.15) is 12.3 Å². The number of carbonyl (C=O) groups excluding carboxylic acids is 3. The van der Waals surface area contributed by atoms with E-state index >= 15 is 0 Å². The van der Waals surface area contributed by atoms with Crippen molar-refractivity contribution in [1.82, 2.24) is 10.3 Å². The Hall–Kier alpha value is -3.26. The molecule has 140 valence electrons. The van der Waals surface area contributed by atoms with Gasteiger partial charge in [-0.1, -0.05) is 0 Å². The minimum absolute atomic E-state index is 0.0387. The van der Waals surface area contributed by atoms with Gasteiger partial charge in [0.25, 0.3) is 17.7 Å². The quantitative estimate of drug-likeness (QED) is 0.827. The van der Waals surface area contributed by atoms with Crippen molar-refractivity contribution in [3.05, 3.63) is 53.3 Å². The number of pyridine rings is 1. The molecule has 8 nitrogen and oxygen atoms in total. The topological polar surface area (TPSA) is 101 Å². The number of nitrogens with zero attached hydrogens (tertiary/aromatic N) is 2. The van der Waals surface area contributed by atoms with Crippen LogP contribution in [0.25, 0.3) is 0 Å². The zero-order valence-corrected chi connectivity index (χ0v) is 15.1. The van der Waals surface area contributed by atoms with Crippen LogP contribution in [0.15, 0.2) is 36.5 Å². The van der Waals surface area contributed by atoms with Crippen molar-refractivity contribution in [2.75, 3.05) is 37.5 Å². The Bertz CT molecular complexity index is 880. The van der Waals surface area contributed by atoms with Crippen molar-refractivity contribution in [2.45, 2.75) is 6.42 Å². The van der Waals surface area contributed by atoms with Gasteiger partial charge in [0, 0.05) is 38.3 Å². The third-order valence-corrected chi connectivity index (χ3v) is 4.29. The van der Waals surface area contributed by atoms with Gasteiger partial charge in [0.15, 0.2) is 0 Å². The van der Waals surface area contributed by atoms with Gasteiger partial charge in [-0.05, 0) is 42.3 Å². The second-order valence-electron chi connectivity index (χ2n) is 6.04. The highest BCUT2D eigenvalue weighted by atomic mass is 16.5. The zero-order chi connectivity index (χ0) is 19.4. The molecule has 0 saturated heterocycles. The molecule has 1 aromatic carbocycles. The summed E-state index contributed by atoms with van der Waals surface area (Å²) in [5.41, 5.74) is 3.06. The summed E-state index contributed by atoms with van der Waals surface area (Å²) in [6, 6.07) is 8.47. The van der Waals surface area contributed by atoms with E-state index in [-0.39, 0.29) is 30.0 Å². The molecule has 0 fully saturated rings. The predicted octanol–water partition coefficient (Wildman–Crippen LogP) is 1.23. The summed E-state index contributed by atoms with van der Waals surface area (Å²) >= 11 is 0. The molecule has 3 amide bonds. The molecule has 0 radical (unpaired) electrons. The van der Waals surface area contributed by atoms with Crippen LogP contribution in [-0.4, -0.2) is 50.0 Å². The molecule has 0 unspecified atom stereocenters. The molecule has 1 aliphatic rings. The molecule has 0 bridgehead atoms. The van der Waals surface area contributed by atoms with Gasteiger partial charge in [-0.25, -0.2) is 0 Å². The molecule has 0 saturated carbocycles. The molecule has 2 heterocycles. The van der Waals surface area contributed by atoms with E-state index in [4.69, 9.17) is 4.74 Å². The highest BCUT2D eigenvalue weighted by Crippen LogP contribution is 2.30. The van der Waals surface area contributed by atoms with Crippen LogP contribution >= 0.6 is 0 Å². The van der Waals surface area contributed by atoms with E-state index < -0.39 is 0 Å². The molecule has 27 heavy (non-hydrogen) atoms. The summed E-state index contributed by atoms with van der Waals surface area (Å²) in [7, 11) is 3.01. The van der Waals surface area contributed by atoms with Crippen LogP contribution in [0.1, 0.15) is 26.4 Å². The van der Waals surface area contributed by atoms with E-state index in [1.54, 1.807) is 17.0 Å². The lowest BCUT2D eigenvalue weighted by Gasteiger charge is -2.17. The Balaban J connectivity index is 1.71. The summed E-state index contributed by atoms with van der Waals surface area (Å²) < 4.78 is 4.91. The largest absolute Gasteiger partial charge is 0.375 e. The molecule has 0 atom stereocenters. The summed E-state index contributed by atoms with van der Waals surface area (Å²) in [6.45, 7) is 0.636. The minimum atomic E-state index is -0.323. The number of amides is 3. The van der Waals surface area contributed by atoms with Crippen LogP contribution < -0.4 is 15.5 Å². The van der Waals surface area contributed by atoms with Gasteiger partial charge in [-0.3, -0.25) is 19.4 Å². The first kappa shape index (κ1) is 18.5. The molecule has 8 heteroatoms. The molecule has 2 N–H and O–H groups in total. The second-order valence-corrected chi connectivity index (χ2v) is 6.04. The fourth-order valence-corrected chi connectivity index (χ4v) is 2.93. The Morgan fingerprint density at radius 2 is 2.00 bits per heavy atom. The first-order valence-electron chi connectivity index (χ1n) is 8.45. The van der Waals surface area contributed by atoms with E-state index in [0.717, 1.165) is 17.7 Å². The van der Waals surface area contributed by atoms with Crippen LogP contribution in [0.5, 0.6) is 0 Å². The van der Waals surface area contributed by atoms with Gasteiger partial charge >= 0.3 is 0 Å². The maximum atomic E-state index is 12.4. The van der Waals surface area contributed by atoms with E-state index in [2.05, 4.69) is 15.6 Å². The van der Waals surface area contributed by atoms with Crippen LogP contribution in [-0.2, 0) is 16.0 Å². The fraction of sp³-hybridized carbons (Fsp3) is 0.263. The highest BCUT2D eigenvalue weighted by Gasteiger charge is 2.24. The molecule has 2 aromatic rings. The summed E-state index contributed by atoms with van der Waals surface area (Å²) in [5.74, 6) is -0.723. The summed E-state index contributed by atoms with van der Waals surface area (Å²) in [6.07, 6.45) is 2.08. The van der Waals surface area contributed by atoms with E-state index in [1.807, 2.05) is 12.1 Å². The van der Waals surface area contributed by atoms with Crippen LogP contribution in [0.3, 0.4) is 0 Å². The normalized spacial score (nSPS) is 12.4. The monoisotopic (exact) mass is 368 g/mol. The van der Waals surface area contributed by atoms with Gasteiger partial charge in [0.2, 0.25) is 0 Å². The van der Waals surface area contributed by atoms with Crippen LogP contribution in [0.4, 0.5) is 11.4 Å². The number of nitrogens with one attached hydrogen (secondary N) is 2.